The molecule has 7 heteroatoms. The first-order valence-corrected chi connectivity index (χ1v) is 9.58. The minimum absolute atomic E-state index is 0.109. The third kappa shape index (κ3) is 4.10. The number of aromatic nitrogens is 3. The molecule has 0 aliphatic heterocycles. The van der Waals surface area contributed by atoms with Gasteiger partial charge in [-0.2, -0.15) is 0 Å². The van der Waals surface area contributed by atoms with Gasteiger partial charge in [0.25, 0.3) is 0 Å². The van der Waals surface area contributed by atoms with Crippen molar-refractivity contribution >= 4 is 44.8 Å². The first kappa shape index (κ1) is 16.4. The summed E-state index contributed by atoms with van der Waals surface area (Å²) in [5.41, 5.74) is 1.19. The Morgan fingerprint density at radius 1 is 1.22 bits per heavy atom. The Hall–Kier alpha value is -1.44. The normalized spacial score (nSPS) is 10.9. The molecule has 0 fully saturated rings. The fourth-order valence-corrected chi connectivity index (χ4v) is 4.36. The summed E-state index contributed by atoms with van der Waals surface area (Å²) in [6, 6.07) is 13.9. The summed E-state index contributed by atoms with van der Waals surface area (Å²) in [5.74, 6) is 1.32. The molecule has 0 bridgehead atoms. The molecule has 2 aromatic heterocycles. The lowest BCUT2D eigenvalue weighted by Crippen LogP contribution is -2.06. The van der Waals surface area contributed by atoms with Gasteiger partial charge in [-0.15, -0.1) is 21.5 Å². The van der Waals surface area contributed by atoms with Crippen molar-refractivity contribution in [3.05, 3.63) is 62.5 Å². The fraction of sp³-hybridized carbons (Fsp3) is 0.188. The van der Waals surface area contributed by atoms with E-state index >= 15 is 0 Å². The molecule has 1 aromatic carbocycles. The molecule has 0 atom stereocenters. The van der Waals surface area contributed by atoms with Crippen LogP contribution in [0, 0.1) is 6.92 Å². The summed E-state index contributed by atoms with van der Waals surface area (Å²) < 4.78 is 3.01. The van der Waals surface area contributed by atoms with Gasteiger partial charge >= 0.3 is 0 Å². The summed E-state index contributed by atoms with van der Waals surface area (Å²) in [6.07, 6.45) is 0. The molecule has 3 rings (SSSR count). The highest BCUT2D eigenvalue weighted by molar-refractivity contribution is 9.11. The Labute approximate surface area is 151 Å². The Kier molecular flexibility index (Phi) is 5.30. The molecule has 0 radical (unpaired) electrons. The number of carbonyl (C=O) groups excluding carboxylic acids is 1. The number of Topliss-reactive ketones (excluding diaryl/α,β-unsaturated/α-hetero) is 1. The van der Waals surface area contributed by atoms with Gasteiger partial charge in [0.15, 0.2) is 10.9 Å². The third-order valence-electron chi connectivity index (χ3n) is 3.27. The Bertz CT molecular complexity index is 814. The molecule has 23 heavy (non-hydrogen) atoms. The second kappa shape index (κ2) is 7.42. The van der Waals surface area contributed by atoms with Crippen molar-refractivity contribution in [3.8, 4) is 0 Å². The predicted molar refractivity (Wildman–Crippen MR) is 97.4 cm³/mol. The van der Waals surface area contributed by atoms with Crippen molar-refractivity contribution in [1.82, 2.24) is 14.8 Å². The smallest absolute Gasteiger partial charge is 0.191 e. The highest BCUT2D eigenvalue weighted by atomic mass is 79.9. The maximum Gasteiger partial charge on any atom is 0.191 e. The van der Waals surface area contributed by atoms with Crippen LogP contribution in [0.4, 0.5) is 0 Å². The highest BCUT2D eigenvalue weighted by Crippen LogP contribution is 2.25. The van der Waals surface area contributed by atoms with Crippen molar-refractivity contribution in [3.63, 3.8) is 0 Å². The summed E-state index contributed by atoms with van der Waals surface area (Å²) in [4.78, 5) is 13.0. The Morgan fingerprint density at radius 3 is 2.70 bits per heavy atom. The maximum absolute atomic E-state index is 12.2. The number of hydrogen-bond acceptors (Lipinski definition) is 5. The van der Waals surface area contributed by atoms with Crippen molar-refractivity contribution < 1.29 is 4.79 Å². The minimum atomic E-state index is 0.109. The van der Waals surface area contributed by atoms with Crippen LogP contribution in [0.3, 0.4) is 0 Å². The van der Waals surface area contributed by atoms with Gasteiger partial charge in [-0.25, -0.2) is 0 Å². The number of benzene rings is 1. The van der Waals surface area contributed by atoms with E-state index in [1.807, 2.05) is 41.8 Å². The lowest BCUT2D eigenvalue weighted by molar-refractivity contribution is 0.102. The van der Waals surface area contributed by atoms with E-state index in [-0.39, 0.29) is 5.78 Å². The van der Waals surface area contributed by atoms with E-state index in [1.54, 1.807) is 0 Å². The molecule has 118 valence electrons. The molecule has 0 aliphatic carbocycles. The lowest BCUT2D eigenvalue weighted by atomic mass is 10.2. The Balaban J connectivity index is 1.70. The highest BCUT2D eigenvalue weighted by Gasteiger charge is 2.14. The number of thioether (sulfide) groups is 1. The number of halogens is 1. The van der Waals surface area contributed by atoms with Gasteiger partial charge in [-0.1, -0.05) is 42.1 Å². The zero-order valence-electron chi connectivity index (χ0n) is 12.4. The first-order chi connectivity index (χ1) is 11.1. The van der Waals surface area contributed by atoms with Crippen molar-refractivity contribution in [2.24, 2.45) is 0 Å². The molecule has 0 N–H and O–H groups in total. The third-order valence-corrected chi connectivity index (χ3v) is 5.90. The van der Waals surface area contributed by atoms with Crippen LogP contribution in [-0.2, 0) is 6.54 Å². The van der Waals surface area contributed by atoms with Gasteiger partial charge in [0.1, 0.15) is 5.82 Å². The molecule has 4 nitrogen and oxygen atoms in total. The molecule has 0 aliphatic rings. The average molecular weight is 408 g/mol. The van der Waals surface area contributed by atoms with Crippen LogP contribution in [0.5, 0.6) is 0 Å². The fourth-order valence-electron chi connectivity index (χ4n) is 2.08. The summed E-state index contributed by atoms with van der Waals surface area (Å²) in [5, 5.41) is 9.12. The van der Waals surface area contributed by atoms with E-state index in [0.717, 1.165) is 19.6 Å². The molecule has 0 saturated heterocycles. The zero-order valence-corrected chi connectivity index (χ0v) is 15.6. The molecule has 2 heterocycles. The molecule has 0 saturated carbocycles. The Morgan fingerprint density at radius 2 is 2.00 bits per heavy atom. The second-order valence-electron chi connectivity index (χ2n) is 4.92. The van der Waals surface area contributed by atoms with Crippen molar-refractivity contribution in [1.29, 1.82) is 0 Å². The van der Waals surface area contributed by atoms with Crippen LogP contribution in [0.2, 0.25) is 0 Å². The molecular formula is C16H14BrN3OS2. The van der Waals surface area contributed by atoms with Gasteiger partial charge in [-0.3, -0.25) is 4.79 Å². The quantitative estimate of drug-likeness (QED) is 0.447. The maximum atomic E-state index is 12.2. The van der Waals surface area contributed by atoms with Gasteiger partial charge in [-0.05, 0) is 40.5 Å². The summed E-state index contributed by atoms with van der Waals surface area (Å²) in [7, 11) is 0. The zero-order chi connectivity index (χ0) is 16.2. The molecule has 3 aromatic rings. The van der Waals surface area contributed by atoms with Gasteiger partial charge < -0.3 is 4.57 Å². The standard InChI is InChI=1S/C16H14BrN3OS2/c1-11-18-19-16(20(11)9-12-5-3-2-4-6-12)22-10-13(21)14-7-8-15(17)23-14/h2-8H,9-10H2,1H3. The van der Waals surface area contributed by atoms with E-state index < -0.39 is 0 Å². The number of thiophene rings is 1. The molecule has 0 unspecified atom stereocenters. The van der Waals surface area contributed by atoms with Crippen molar-refractivity contribution in [2.75, 3.05) is 5.75 Å². The van der Waals surface area contributed by atoms with E-state index in [1.165, 1.54) is 28.7 Å². The average Bonchev–Trinajstić information content (AvgIpc) is 3.14. The van der Waals surface area contributed by atoms with Crippen LogP contribution in [-0.4, -0.2) is 26.3 Å². The topological polar surface area (TPSA) is 47.8 Å². The number of nitrogens with zero attached hydrogens (tertiary/aromatic N) is 3. The number of ketones is 1. The van der Waals surface area contributed by atoms with E-state index in [0.29, 0.717) is 12.3 Å². The van der Waals surface area contributed by atoms with Gasteiger partial charge in [0, 0.05) is 0 Å². The van der Waals surface area contributed by atoms with Crippen LogP contribution in [0.25, 0.3) is 0 Å². The summed E-state index contributed by atoms with van der Waals surface area (Å²) in [6.45, 7) is 2.64. The molecule has 0 spiro atoms. The van der Waals surface area contributed by atoms with Gasteiger partial charge in [0.2, 0.25) is 0 Å². The largest absolute Gasteiger partial charge is 0.302 e. The summed E-state index contributed by atoms with van der Waals surface area (Å²) >= 11 is 6.27. The number of rotatable bonds is 6. The van der Waals surface area contributed by atoms with Gasteiger partial charge in [0.05, 0.1) is 21.0 Å². The van der Waals surface area contributed by atoms with Crippen LogP contribution >= 0.6 is 39.0 Å². The van der Waals surface area contributed by atoms with Crippen LogP contribution in [0.15, 0.2) is 51.4 Å². The number of hydrogen-bond donors (Lipinski definition) is 0. The van der Waals surface area contributed by atoms with E-state index in [9.17, 15) is 4.79 Å². The van der Waals surface area contributed by atoms with Crippen LogP contribution < -0.4 is 0 Å². The number of aryl methyl sites for hydroxylation is 1. The first-order valence-electron chi connectivity index (χ1n) is 6.98. The minimum Gasteiger partial charge on any atom is -0.302 e. The van der Waals surface area contributed by atoms with E-state index in [4.69, 9.17) is 0 Å². The van der Waals surface area contributed by atoms with Crippen LogP contribution in [0.1, 0.15) is 21.1 Å². The van der Waals surface area contributed by atoms with Crippen molar-refractivity contribution in [2.45, 2.75) is 18.6 Å². The molecule has 0 amide bonds. The van der Waals surface area contributed by atoms with E-state index in [2.05, 4.69) is 38.3 Å². The monoisotopic (exact) mass is 407 g/mol. The predicted octanol–water partition coefficient (Wildman–Crippen LogP) is 4.43. The lowest BCUT2D eigenvalue weighted by Gasteiger charge is -2.08. The second-order valence-corrected chi connectivity index (χ2v) is 8.32. The SMILES string of the molecule is Cc1nnc(SCC(=O)c2ccc(Br)s2)n1Cc1ccccc1. The molecular weight excluding hydrogens is 394 g/mol. The number of carbonyl (C=O) groups is 1.